The van der Waals surface area contributed by atoms with Crippen molar-refractivity contribution in [1.82, 2.24) is 24.8 Å². The van der Waals surface area contributed by atoms with Crippen LogP contribution in [-0.2, 0) is 28.1 Å². The van der Waals surface area contributed by atoms with E-state index in [1.165, 1.54) is 13.0 Å². The van der Waals surface area contributed by atoms with E-state index < -0.39 is 25.8 Å². The Morgan fingerprint density at radius 1 is 1.02 bits per heavy atom. The maximum atomic E-state index is 16.1. The molecule has 3 aromatic carbocycles. The van der Waals surface area contributed by atoms with Crippen molar-refractivity contribution in [3.63, 3.8) is 0 Å². The molecule has 0 unspecified atom stereocenters. The number of amides is 3. The molecule has 5 aromatic rings. The Bertz CT molecular complexity index is 2460. The zero-order valence-electron chi connectivity index (χ0n) is 30.5. The number of carbonyl (C=O) groups excluding carboxylic acids is 5. The number of halogens is 2. The van der Waals surface area contributed by atoms with Crippen LogP contribution in [0.4, 0.5) is 10.1 Å². The lowest BCUT2D eigenvalue weighted by Gasteiger charge is -2.25. The first kappa shape index (κ1) is 36.4. The predicted octanol–water partition coefficient (Wildman–Crippen LogP) is 6.74. The molecular weight excluding hydrogens is 739 g/mol. The fraction of sp³-hybridized carbons (Fsp3) is 0.293. The number of aromatic nitrogens is 3. The molecule has 2 aromatic heterocycles. The molecule has 0 radical (unpaired) electrons. The number of hydrogen-bond acceptors (Lipinski definition) is 7. The highest BCUT2D eigenvalue weighted by atomic mass is 35.5. The summed E-state index contributed by atoms with van der Waals surface area (Å²) in [7, 11) is -2.05. The van der Waals surface area contributed by atoms with Crippen LogP contribution in [0.5, 0.6) is 0 Å². The minimum absolute atomic E-state index is 0.0447. The maximum Gasteiger partial charge on any atom is 0.251 e. The van der Waals surface area contributed by atoms with Gasteiger partial charge in [0.2, 0.25) is 17.6 Å². The van der Waals surface area contributed by atoms with E-state index in [4.69, 9.17) is 11.6 Å². The minimum Gasteiger partial charge on any atom is -0.348 e. The molecule has 1 saturated heterocycles. The van der Waals surface area contributed by atoms with E-state index in [2.05, 4.69) is 33.7 Å². The van der Waals surface area contributed by atoms with Crippen LogP contribution in [0.3, 0.4) is 0 Å². The molecule has 4 heterocycles. The number of fused-ring (bicyclic) bond motifs is 2. The summed E-state index contributed by atoms with van der Waals surface area (Å²) in [5.74, 6) is -1.81. The number of carbonyl (C=O) groups is 5. The number of anilines is 1. The number of Topliss-reactive ketones (excluding diaryl/α,β-unsaturated/α-hetero) is 2. The maximum absolute atomic E-state index is 16.1. The summed E-state index contributed by atoms with van der Waals surface area (Å²) in [4.78, 5) is 75.9. The van der Waals surface area contributed by atoms with Crippen molar-refractivity contribution >= 4 is 65.6 Å². The Hall–Kier alpha value is -5.53. The number of nitrogens with one attached hydrogen (secondary N) is 2. The quantitative estimate of drug-likeness (QED) is 0.118. The van der Waals surface area contributed by atoms with E-state index in [1.807, 2.05) is 18.2 Å². The van der Waals surface area contributed by atoms with E-state index in [1.54, 1.807) is 58.4 Å². The van der Waals surface area contributed by atoms with E-state index in [0.717, 1.165) is 18.4 Å². The molecule has 2 N–H and O–H groups in total. The molecule has 280 valence electrons. The Balaban J connectivity index is 1.03. The summed E-state index contributed by atoms with van der Waals surface area (Å²) in [5, 5.41) is 6.43. The molecule has 0 spiro atoms. The Morgan fingerprint density at radius 2 is 1.76 bits per heavy atom. The fourth-order valence-corrected chi connectivity index (χ4v) is 11.4. The molecular formula is C41H38ClFN6O5Si. The topological polar surface area (TPSA) is 143 Å². The predicted molar refractivity (Wildman–Crippen MR) is 208 cm³/mol. The number of hydrogen-bond donors (Lipinski definition) is 2. The van der Waals surface area contributed by atoms with Crippen LogP contribution in [0.1, 0.15) is 68.6 Å². The van der Waals surface area contributed by atoms with Gasteiger partial charge in [-0.25, -0.2) is 14.4 Å². The number of benzene rings is 3. The summed E-state index contributed by atoms with van der Waals surface area (Å²) in [6, 6.07) is 15.0. The summed E-state index contributed by atoms with van der Waals surface area (Å²) < 4.78 is 17.8. The van der Waals surface area contributed by atoms with Crippen LogP contribution in [0.15, 0.2) is 73.2 Å². The fourth-order valence-electron chi connectivity index (χ4n) is 8.12. The van der Waals surface area contributed by atoms with Crippen molar-refractivity contribution in [3.05, 3.63) is 112 Å². The molecule has 14 heteroatoms. The van der Waals surface area contributed by atoms with Gasteiger partial charge in [-0.05, 0) is 61.7 Å². The number of rotatable bonds is 10. The summed E-state index contributed by atoms with van der Waals surface area (Å²) in [6.07, 6.45) is 7.11. The second kappa shape index (κ2) is 13.6. The smallest absolute Gasteiger partial charge is 0.251 e. The molecule has 1 atom stereocenters. The normalized spacial score (nSPS) is 17.9. The van der Waals surface area contributed by atoms with E-state index in [-0.39, 0.29) is 70.4 Å². The first-order valence-corrected chi connectivity index (χ1v) is 22.0. The van der Waals surface area contributed by atoms with Crippen LogP contribution >= 0.6 is 11.6 Å². The minimum atomic E-state index is -2.05. The highest BCUT2D eigenvalue weighted by Crippen LogP contribution is 2.52. The van der Waals surface area contributed by atoms with Crippen LogP contribution < -0.4 is 10.6 Å². The molecule has 0 bridgehead atoms. The largest absolute Gasteiger partial charge is 0.348 e. The monoisotopic (exact) mass is 776 g/mol. The molecule has 11 nitrogen and oxygen atoms in total. The van der Waals surface area contributed by atoms with Crippen molar-refractivity contribution in [2.24, 2.45) is 0 Å². The summed E-state index contributed by atoms with van der Waals surface area (Å²) in [6.45, 7) is 5.84. The first-order chi connectivity index (χ1) is 26.2. The zero-order chi connectivity index (χ0) is 38.8. The molecule has 1 saturated carbocycles. The lowest BCUT2D eigenvalue weighted by Crippen LogP contribution is -2.44. The lowest BCUT2D eigenvalue weighted by molar-refractivity contribution is -0.136. The standard InChI is InChI=1S/C41H38ClFN6O5Si/c1-23(50)30-19-48(32-11-8-24(16-28(30)32)41(12-13-41)17-34(51)38-44-14-5-15-45-38)20-35(52)49-22-55(2,3)21-33(49)40(54)47-31-7-4-6-26(37(31)43)25-9-10-27-29(36(25)42)18-46-39(27)53/h4-11,14-16,19,33H,12-13,17-18,20-22H2,1-3H3,(H,46,53)(H,47,54)/t33-/m0/s1. The number of nitrogens with zero attached hydrogens (tertiary/aromatic N) is 4. The van der Waals surface area contributed by atoms with Crippen molar-refractivity contribution in [2.75, 3.05) is 11.5 Å². The van der Waals surface area contributed by atoms with Crippen LogP contribution in [0.25, 0.3) is 22.0 Å². The Kier molecular flexibility index (Phi) is 9.04. The second-order valence-electron chi connectivity index (χ2n) is 15.6. The Morgan fingerprint density at radius 3 is 2.49 bits per heavy atom. The van der Waals surface area contributed by atoms with Gasteiger partial charge >= 0.3 is 0 Å². The van der Waals surface area contributed by atoms with Gasteiger partial charge in [0, 0.05) is 81.9 Å². The number of ketones is 2. The summed E-state index contributed by atoms with van der Waals surface area (Å²) in [5.41, 5.74) is 3.30. The van der Waals surface area contributed by atoms with Crippen molar-refractivity contribution in [2.45, 2.75) is 69.9 Å². The molecule has 3 aliphatic rings. The van der Waals surface area contributed by atoms with Gasteiger partial charge < -0.3 is 20.1 Å². The van der Waals surface area contributed by atoms with Gasteiger partial charge in [-0.15, -0.1) is 0 Å². The highest BCUT2D eigenvalue weighted by Gasteiger charge is 2.47. The van der Waals surface area contributed by atoms with Gasteiger partial charge in [0.15, 0.2) is 17.4 Å². The third kappa shape index (κ3) is 6.65. The van der Waals surface area contributed by atoms with Gasteiger partial charge in [0.25, 0.3) is 5.91 Å². The molecule has 1 aliphatic carbocycles. The van der Waals surface area contributed by atoms with Crippen LogP contribution in [-0.4, -0.2) is 69.0 Å². The molecule has 55 heavy (non-hydrogen) atoms. The average molecular weight is 777 g/mol. The van der Waals surface area contributed by atoms with Gasteiger partial charge in [0.05, 0.1) is 18.8 Å². The second-order valence-corrected chi connectivity index (χ2v) is 21.0. The summed E-state index contributed by atoms with van der Waals surface area (Å²) >= 11 is 6.64. The van der Waals surface area contributed by atoms with Gasteiger partial charge in [-0.3, -0.25) is 24.0 Å². The zero-order valence-corrected chi connectivity index (χ0v) is 32.3. The van der Waals surface area contributed by atoms with Crippen molar-refractivity contribution < 1.29 is 28.4 Å². The molecule has 3 amide bonds. The van der Waals surface area contributed by atoms with Crippen LogP contribution in [0.2, 0.25) is 24.2 Å². The van der Waals surface area contributed by atoms with E-state index in [0.29, 0.717) is 45.4 Å². The van der Waals surface area contributed by atoms with Gasteiger partial charge in [0.1, 0.15) is 12.6 Å². The third-order valence-corrected chi connectivity index (χ3v) is 14.3. The molecule has 2 aliphatic heterocycles. The lowest BCUT2D eigenvalue weighted by atomic mass is 9.89. The first-order valence-electron chi connectivity index (χ1n) is 18.2. The van der Waals surface area contributed by atoms with E-state index >= 15 is 4.39 Å². The average Bonchev–Trinajstić information content (AvgIpc) is 3.52. The van der Waals surface area contributed by atoms with Gasteiger partial charge in [-0.2, -0.15) is 0 Å². The van der Waals surface area contributed by atoms with E-state index in [9.17, 15) is 24.0 Å². The highest BCUT2D eigenvalue weighted by molar-refractivity contribution is 6.79. The molecule has 2 fully saturated rings. The van der Waals surface area contributed by atoms with Gasteiger partial charge in [-0.1, -0.05) is 49.0 Å². The van der Waals surface area contributed by atoms with Crippen molar-refractivity contribution in [3.8, 4) is 11.1 Å². The Labute approximate surface area is 322 Å². The SMILES string of the molecule is CC(=O)c1cn(CC(=O)N2C[Si](C)(C)C[C@H]2C(=O)Nc2cccc(-c3ccc4c(c3Cl)CNC4=O)c2F)c2ccc(C3(CC(=O)c4ncccn4)CC3)cc12. The van der Waals surface area contributed by atoms with Crippen LogP contribution in [0, 0.1) is 5.82 Å². The molecule has 8 rings (SSSR count). The third-order valence-electron chi connectivity index (χ3n) is 11.1. The van der Waals surface area contributed by atoms with Crippen molar-refractivity contribution in [1.29, 1.82) is 0 Å².